The minimum atomic E-state index is -0.386. The second-order valence-electron chi connectivity index (χ2n) is 8.27. The van der Waals surface area contributed by atoms with E-state index >= 15 is 0 Å². The fourth-order valence-corrected chi connectivity index (χ4v) is 3.95. The first kappa shape index (κ1) is 24.3. The first-order valence-electron chi connectivity index (χ1n) is 11.2. The van der Waals surface area contributed by atoms with Crippen molar-refractivity contribution in [3.8, 4) is 17.3 Å². The number of nitrogens with zero attached hydrogens (tertiary/aromatic N) is 5. The molecule has 1 aliphatic heterocycles. The molecule has 0 unspecified atom stereocenters. The number of hydrogen-bond donors (Lipinski definition) is 2. The Hall–Kier alpha value is -3.83. The zero-order valence-electron chi connectivity index (χ0n) is 19.9. The van der Waals surface area contributed by atoms with Crippen LogP contribution in [-0.2, 0) is 22.6 Å². The van der Waals surface area contributed by atoms with Gasteiger partial charge >= 0.3 is 0 Å². The molecule has 2 amide bonds. The zero-order valence-corrected chi connectivity index (χ0v) is 19.9. The number of aliphatic hydroxyl groups is 1. The van der Waals surface area contributed by atoms with Gasteiger partial charge in [0, 0.05) is 20.2 Å². The molecule has 11 heteroatoms. The van der Waals surface area contributed by atoms with E-state index in [-0.39, 0.29) is 24.5 Å². The Balaban J connectivity index is 1.54. The standard InChI is InChI=1S/C24H28N6O5/c1-15(13-31)30-14-25-28-23(30)19-5-4-6-21(26-19)27-24(33)18-9-16-11-29(22(32)7-8-34-2)12-17(16)10-20(18)35-3/h4-6,9-10,14-15,31H,7-8,11-13H2,1-3H3,(H,26,27,33)/t15-/m1/s1. The van der Waals surface area contributed by atoms with Gasteiger partial charge in [-0.05, 0) is 42.3 Å². The molecule has 11 nitrogen and oxygen atoms in total. The molecule has 0 radical (unpaired) electrons. The number of methoxy groups -OCH3 is 2. The monoisotopic (exact) mass is 480 g/mol. The molecule has 2 aromatic heterocycles. The Morgan fingerprint density at radius 1 is 1.20 bits per heavy atom. The first-order valence-corrected chi connectivity index (χ1v) is 11.2. The van der Waals surface area contributed by atoms with Gasteiger partial charge in [-0.3, -0.25) is 9.59 Å². The van der Waals surface area contributed by atoms with Gasteiger partial charge in [-0.25, -0.2) is 4.98 Å². The largest absolute Gasteiger partial charge is 0.496 e. The molecule has 1 aromatic carbocycles. The Morgan fingerprint density at radius 3 is 2.69 bits per heavy atom. The maximum Gasteiger partial charge on any atom is 0.260 e. The summed E-state index contributed by atoms with van der Waals surface area (Å²) in [5, 5.41) is 20.3. The van der Waals surface area contributed by atoms with Gasteiger partial charge < -0.3 is 29.4 Å². The lowest BCUT2D eigenvalue weighted by Gasteiger charge is -2.14. The molecule has 184 valence electrons. The van der Waals surface area contributed by atoms with Gasteiger partial charge in [0.2, 0.25) is 5.91 Å². The quantitative estimate of drug-likeness (QED) is 0.476. The average molecular weight is 481 g/mol. The lowest BCUT2D eigenvalue weighted by Crippen LogP contribution is -2.26. The smallest absolute Gasteiger partial charge is 0.260 e. The number of pyridine rings is 1. The van der Waals surface area contributed by atoms with Crippen molar-refractivity contribution in [1.29, 1.82) is 0 Å². The van der Waals surface area contributed by atoms with Crippen LogP contribution in [0.3, 0.4) is 0 Å². The molecule has 0 bridgehead atoms. The van der Waals surface area contributed by atoms with Crippen molar-refractivity contribution in [1.82, 2.24) is 24.6 Å². The van der Waals surface area contributed by atoms with E-state index in [9.17, 15) is 14.7 Å². The molecule has 0 saturated carbocycles. The van der Waals surface area contributed by atoms with E-state index in [0.717, 1.165) is 11.1 Å². The minimum absolute atomic E-state index is 0.00241. The van der Waals surface area contributed by atoms with E-state index in [0.29, 0.717) is 54.8 Å². The van der Waals surface area contributed by atoms with Crippen molar-refractivity contribution in [2.24, 2.45) is 0 Å². The molecular formula is C24H28N6O5. The van der Waals surface area contributed by atoms with Crippen LogP contribution in [0.1, 0.15) is 40.9 Å². The Morgan fingerprint density at radius 2 is 1.97 bits per heavy atom. The van der Waals surface area contributed by atoms with Gasteiger partial charge in [-0.1, -0.05) is 6.07 Å². The Bertz CT molecular complexity index is 1230. The van der Waals surface area contributed by atoms with Crippen molar-refractivity contribution >= 4 is 17.6 Å². The molecular weight excluding hydrogens is 452 g/mol. The molecule has 0 aliphatic carbocycles. The Labute approximate surface area is 202 Å². The number of carbonyl (C=O) groups excluding carboxylic acids is 2. The number of rotatable bonds is 9. The van der Waals surface area contributed by atoms with Gasteiger partial charge in [0.05, 0.1) is 38.3 Å². The van der Waals surface area contributed by atoms with Gasteiger partial charge in [0.1, 0.15) is 23.6 Å². The normalized spacial score (nSPS) is 13.4. The van der Waals surface area contributed by atoms with Gasteiger partial charge in [0.25, 0.3) is 5.91 Å². The van der Waals surface area contributed by atoms with Gasteiger partial charge in [-0.2, -0.15) is 0 Å². The van der Waals surface area contributed by atoms with E-state index in [1.54, 1.807) is 46.9 Å². The van der Waals surface area contributed by atoms with Crippen LogP contribution in [-0.4, -0.2) is 69.0 Å². The predicted octanol–water partition coefficient (Wildman–Crippen LogP) is 2.03. The van der Waals surface area contributed by atoms with Crippen LogP contribution in [0.15, 0.2) is 36.7 Å². The Kier molecular flexibility index (Phi) is 7.37. The second-order valence-corrected chi connectivity index (χ2v) is 8.27. The van der Waals surface area contributed by atoms with Gasteiger partial charge in [-0.15, -0.1) is 10.2 Å². The maximum absolute atomic E-state index is 13.2. The molecule has 4 rings (SSSR count). The SMILES string of the molecule is COCCC(=O)N1Cc2cc(OC)c(C(=O)Nc3cccc(-c4nncn4[C@H](C)CO)n3)cc2C1. The van der Waals surface area contributed by atoms with Crippen LogP contribution in [0.4, 0.5) is 5.82 Å². The van der Waals surface area contributed by atoms with Gasteiger partial charge in [0.15, 0.2) is 5.82 Å². The summed E-state index contributed by atoms with van der Waals surface area (Å²) in [6, 6.07) is 8.52. The van der Waals surface area contributed by atoms with E-state index in [4.69, 9.17) is 9.47 Å². The van der Waals surface area contributed by atoms with Crippen LogP contribution in [0.2, 0.25) is 0 Å². The number of hydrogen-bond acceptors (Lipinski definition) is 8. The molecule has 2 N–H and O–H groups in total. The molecule has 3 heterocycles. The summed E-state index contributed by atoms with van der Waals surface area (Å²) in [6.07, 6.45) is 1.84. The molecule has 3 aromatic rings. The molecule has 0 fully saturated rings. The lowest BCUT2D eigenvalue weighted by molar-refractivity contribution is -0.132. The lowest BCUT2D eigenvalue weighted by atomic mass is 10.0. The number of anilines is 1. The number of amides is 2. The predicted molar refractivity (Wildman–Crippen MR) is 127 cm³/mol. The average Bonchev–Trinajstić information content (AvgIpc) is 3.53. The maximum atomic E-state index is 13.2. The number of aliphatic hydroxyl groups excluding tert-OH is 1. The van der Waals surface area contributed by atoms with Crippen molar-refractivity contribution in [2.45, 2.75) is 32.5 Å². The fourth-order valence-electron chi connectivity index (χ4n) is 3.95. The van der Waals surface area contributed by atoms with Crippen LogP contribution in [0.25, 0.3) is 11.5 Å². The van der Waals surface area contributed by atoms with Crippen molar-refractivity contribution in [3.05, 3.63) is 53.3 Å². The minimum Gasteiger partial charge on any atom is -0.496 e. The summed E-state index contributed by atoms with van der Waals surface area (Å²) >= 11 is 0. The van der Waals surface area contributed by atoms with E-state index < -0.39 is 0 Å². The second kappa shape index (κ2) is 10.6. The van der Waals surface area contributed by atoms with Crippen LogP contribution < -0.4 is 10.1 Å². The zero-order chi connectivity index (χ0) is 24.9. The summed E-state index contributed by atoms with van der Waals surface area (Å²) in [6.45, 7) is 3.02. The highest BCUT2D eigenvalue weighted by atomic mass is 16.5. The molecule has 1 atom stereocenters. The summed E-state index contributed by atoms with van der Waals surface area (Å²) in [5.74, 6) is 0.842. The first-order chi connectivity index (χ1) is 16.9. The fraction of sp³-hybridized carbons (Fsp3) is 0.375. The van der Waals surface area contributed by atoms with Crippen molar-refractivity contribution < 1.29 is 24.2 Å². The van der Waals surface area contributed by atoms with E-state index in [1.807, 2.05) is 6.92 Å². The number of fused-ring (bicyclic) bond motifs is 1. The topological polar surface area (TPSA) is 132 Å². The number of aromatic nitrogens is 4. The summed E-state index contributed by atoms with van der Waals surface area (Å²) in [5.41, 5.74) is 2.70. The third kappa shape index (κ3) is 5.15. The summed E-state index contributed by atoms with van der Waals surface area (Å²) < 4.78 is 12.2. The highest BCUT2D eigenvalue weighted by Crippen LogP contribution is 2.31. The highest BCUT2D eigenvalue weighted by Gasteiger charge is 2.26. The van der Waals surface area contributed by atoms with E-state index in [2.05, 4.69) is 20.5 Å². The molecule has 1 aliphatic rings. The molecule has 0 saturated heterocycles. The van der Waals surface area contributed by atoms with Crippen LogP contribution in [0, 0.1) is 0 Å². The number of benzene rings is 1. The third-order valence-electron chi connectivity index (χ3n) is 5.89. The molecule has 35 heavy (non-hydrogen) atoms. The number of ether oxygens (including phenoxy) is 2. The van der Waals surface area contributed by atoms with Crippen molar-refractivity contribution in [3.63, 3.8) is 0 Å². The van der Waals surface area contributed by atoms with Crippen LogP contribution in [0.5, 0.6) is 5.75 Å². The number of carbonyl (C=O) groups is 2. The van der Waals surface area contributed by atoms with Crippen LogP contribution >= 0.6 is 0 Å². The molecule has 0 spiro atoms. The summed E-state index contributed by atoms with van der Waals surface area (Å²) in [4.78, 5) is 31.8. The van der Waals surface area contributed by atoms with Crippen molar-refractivity contribution in [2.75, 3.05) is 32.8 Å². The highest BCUT2D eigenvalue weighted by molar-refractivity contribution is 6.06. The summed E-state index contributed by atoms with van der Waals surface area (Å²) in [7, 11) is 3.07. The third-order valence-corrected chi connectivity index (χ3v) is 5.89. The van der Waals surface area contributed by atoms with E-state index in [1.165, 1.54) is 13.4 Å². The number of nitrogens with one attached hydrogen (secondary N) is 1.